The van der Waals surface area contributed by atoms with E-state index in [0.29, 0.717) is 11.7 Å². The monoisotopic (exact) mass is 702 g/mol. The van der Waals surface area contributed by atoms with Crippen molar-refractivity contribution in [3.8, 4) is 5.69 Å². The van der Waals surface area contributed by atoms with Crippen LogP contribution in [0.5, 0.6) is 0 Å². The van der Waals surface area contributed by atoms with E-state index >= 15 is 0 Å². The molecule has 0 fully saturated rings. The van der Waals surface area contributed by atoms with Crippen LogP contribution in [0.4, 0.5) is 0 Å². The van der Waals surface area contributed by atoms with Crippen molar-refractivity contribution in [3.05, 3.63) is 180 Å². The van der Waals surface area contributed by atoms with Gasteiger partial charge in [-0.15, -0.1) is 11.8 Å². The molecule has 1 aliphatic heterocycles. The molecule has 3 atom stereocenters. The summed E-state index contributed by atoms with van der Waals surface area (Å²) in [5.74, 6) is 1.44. The minimum atomic E-state index is -0.103. The van der Waals surface area contributed by atoms with Crippen LogP contribution in [0, 0.1) is 0 Å². The molecule has 2 aliphatic carbocycles. The first-order valence-electron chi connectivity index (χ1n) is 18.5. The summed E-state index contributed by atoms with van der Waals surface area (Å²) >= 11 is 1.96. The van der Waals surface area contributed by atoms with E-state index < -0.39 is 0 Å². The number of hydrogen-bond acceptors (Lipinski definition) is 2. The Bertz CT molecular complexity index is 2810. The van der Waals surface area contributed by atoms with E-state index in [1.54, 1.807) is 0 Å². The van der Waals surface area contributed by atoms with Gasteiger partial charge in [0.15, 0.2) is 5.84 Å². The second kappa shape index (κ2) is 12.9. The van der Waals surface area contributed by atoms with Gasteiger partial charge in [0.25, 0.3) is 0 Å². The number of amidine groups is 2. The lowest BCUT2D eigenvalue weighted by atomic mass is 9.85. The first-order chi connectivity index (χ1) is 26.1. The van der Waals surface area contributed by atoms with E-state index in [9.17, 15) is 0 Å². The van der Waals surface area contributed by atoms with Gasteiger partial charge in [-0.2, -0.15) is 0 Å². The average molecular weight is 703 g/mol. The number of nitrogens with zero attached hydrogens (tertiary/aromatic N) is 3. The number of rotatable bonds is 5. The summed E-state index contributed by atoms with van der Waals surface area (Å²) < 4.78 is 2.44. The van der Waals surface area contributed by atoms with E-state index in [1.165, 1.54) is 59.7 Å². The number of para-hydroxylation sites is 1. The Morgan fingerprint density at radius 3 is 2.45 bits per heavy atom. The number of hydrogen-bond donors (Lipinski definition) is 1. The number of nitrogens with two attached hydrogens (primary N) is 1. The molecule has 0 saturated carbocycles. The Labute approximate surface area is 313 Å². The summed E-state index contributed by atoms with van der Waals surface area (Å²) in [6.07, 6.45) is 15.2. The van der Waals surface area contributed by atoms with Gasteiger partial charge in [-0.3, -0.25) is 4.99 Å². The maximum Gasteiger partial charge on any atom is 0.157 e. The highest BCUT2D eigenvalue weighted by atomic mass is 32.2. The lowest BCUT2D eigenvalue weighted by molar-refractivity contribution is 0.746. The molecule has 2 heterocycles. The van der Waals surface area contributed by atoms with E-state index in [4.69, 9.17) is 15.7 Å². The van der Waals surface area contributed by atoms with Gasteiger partial charge >= 0.3 is 0 Å². The van der Waals surface area contributed by atoms with Crippen LogP contribution in [0.1, 0.15) is 36.8 Å². The maximum atomic E-state index is 6.67. The topological polar surface area (TPSA) is 55.7 Å². The van der Waals surface area contributed by atoms with Gasteiger partial charge in [0, 0.05) is 43.7 Å². The van der Waals surface area contributed by atoms with Crippen molar-refractivity contribution in [2.24, 2.45) is 15.7 Å². The molecule has 3 aliphatic rings. The number of aliphatic imine (C=N–C) groups is 2. The first-order valence-corrected chi connectivity index (χ1v) is 19.4. The third-order valence-corrected chi connectivity index (χ3v) is 12.4. The SMILES string of the molecule is CC(/N=C(\N=C(/N)C1=CCCC=C1)c1ccc2ccccc2c1)C1=CC=CC2c3ccc(-n4c5ccccc5c5c6ccccc6ccc54)cc3SC12. The van der Waals surface area contributed by atoms with E-state index in [-0.39, 0.29) is 17.2 Å². The highest BCUT2D eigenvalue weighted by Crippen LogP contribution is 2.52. The molecule has 5 heteroatoms. The molecule has 0 saturated heterocycles. The van der Waals surface area contributed by atoms with Gasteiger partial charge in [-0.1, -0.05) is 127 Å². The van der Waals surface area contributed by atoms with E-state index in [1.807, 2.05) is 11.8 Å². The molecule has 1 aromatic heterocycles. The highest BCUT2D eigenvalue weighted by Gasteiger charge is 2.37. The molecule has 0 amide bonds. The van der Waals surface area contributed by atoms with Gasteiger partial charge in [0.1, 0.15) is 5.84 Å². The lowest BCUT2D eigenvalue weighted by Crippen LogP contribution is -2.23. The lowest BCUT2D eigenvalue weighted by Gasteiger charge is -2.26. The van der Waals surface area contributed by atoms with Gasteiger partial charge in [0.05, 0.1) is 17.1 Å². The van der Waals surface area contributed by atoms with Crippen LogP contribution in [0.3, 0.4) is 0 Å². The fourth-order valence-corrected chi connectivity index (χ4v) is 10.0. The number of thioether (sulfide) groups is 1. The van der Waals surface area contributed by atoms with Crippen LogP contribution < -0.4 is 5.73 Å². The molecule has 6 aromatic carbocycles. The van der Waals surface area contributed by atoms with Crippen LogP contribution in [0.15, 0.2) is 184 Å². The van der Waals surface area contributed by atoms with Crippen LogP contribution in [-0.2, 0) is 0 Å². The summed E-state index contributed by atoms with van der Waals surface area (Å²) in [4.78, 5) is 11.7. The molecule has 10 rings (SSSR count). The summed E-state index contributed by atoms with van der Waals surface area (Å²) in [6, 6.07) is 43.9. The first kappa shape index (κ1) is 31.8. The van der Waals surface area contributed by atoms with Crippen molar-refractivity contribution in [1.82, 2.24) is 4.57 Å². The molecule has 256 valence electrons. The highest BCUT2D eigenvalue weighted by molar-refractivity contribution is 8.00. The van der Waals surface area contributed by atoms with Crippen molar-refractivity contribution in [2.45, 2.75) is 41.9 Å². The largest absolute Gasteiger partial charge is 0.383 e. The zero-order chi connectivity index (χ0) is 35.5. The minimum absolute atomic E-state index is 0.103. The van der Waals surface area contributed by atoms with Gasteiger partial charge in [-0.05, 0) is 82.8 Å². The van der Waals surface area contributed by atoms with Crippen molar-refractivity contribution < 1.29 is 0 Å². The third-order valence-electron chi connectivity index (χ3n) is 11.0. The number of allylic oxidation sites excluding steroid dienone is 5. The summed E-state index contributed by atoms with van der Waals surface area (Å²) in [7, 11) is 0. The van der Waals surface area contributed by atoms with Crippen molar-refractivity contribution >= 4 is 66.8 Å². The summed E-state index contributed by atoms with van der Waals surface area (Å²) in [6.45, 7) is 2.20. The molecule has 0 spiro atoms. The molecule has 2 N–H and O–H groups in total. The third kappa shape index (κ3) is 5.46. The Balaban J connectivity index is 1.02. The maximum absolute atomic E-state index is 6.67. The summed E-state index contributed by atoms with van der Waals surface area (Å²) in [5, 5.41) is 7.73. The molecular formula is C48H38N4S. The fourth-order valence-electron chi connectivity index (χ4n) is 8.40. The Morgan fingerprint density at radius 1 is 0.792 bits per heavy atom. The summed E-state index contributed by atoms with van der Waals surface area (Å²) in [5.41, 5.74) is 14.9. The molecule has 0 bridgehead atoms. The molecule has 4 nitrogen and oxygen atoms in total. The van der Waals surface area contributed by atoms with Crippen molar-refractivity contribution in [3.63, 3.8) is 0 Å². The molecule has 0 radical (unpaired) electrons. The van der Waals surface area contributed by atoms with Gasteiger partial charge < -0.3 is 10.3 Å². The quantitative estimate of drug-likeness (QED) is 0.143. The van der Waals surface area contributed by atoms with E-state index in [2.05, 4.69) is 169 Å². The molecule has 53 heavy (non-hydrogen) atoms. The number of aromatic nitrogens is 1. The standard InChI is InChI=1S/C48H38N4S/c1-30(50-48(51-47(49)33-14-3-2-4-15-33)35-23-22-31-12-5-6-16-34(31)28-35)37-19-11-20-40-39-26-25-36(29-44(39)53-46(37)40)52-42-21-10-9-18-41(42)45-38-17-8-7-13-32(38)24-27-43(45)52/h3,5-30,40,46H,2,4H2,1H3,(H2,49,50,51). The van der Waals surface area contributed by atoms with E-state index in [0.717, 1.165) is 29.4 Å². The second-order valence-corrected chi connectivity index (χ2v) is 15.4. The van der Waals surface area contributed by atoms with Crippen LogP contribution in [-0.4, -0.2) is 27.5 Å². The Kier molecular flexibility index (Phi) is 7.76. The average Bonchev–Trinajstić information content (AvgIpc) is 3.76. The molecule has 3 unspecified atom stereocenters. The predicted molar refractivity (Wildman–Crippen MR) is 226 cm³/mol. The second-order valence-electron chi connectivity index (χ2n) is 14.2. The zero-order valence-corrected chi connectivity index (χ0v) is 30.3. The van der Waals surface area contributed by atoms with Crippen LogP contribution >= 0.6 is 11.8 Å². The smallest absolute Gasteiger partial charge is 0.157 e. The van der Waals surface area contributed by atoms with Gasteiger partial charge in [-0.25, -0.2) is 4.99 Å². The van der Waals surface area contributed by atoms with Crippen LogP contribution in [0.2, 0.25) is 0 Å². The van der Waals surface area contributed by atoms with Crippen LogP contribution in [0.25, 0.3) is 49.0 Å². The number of fused-ring (bicyclic) bond motifs is 9. The Hall–Kier alpha value is -5.91. The van der Waals surface area contributed by atoms with Crippen molar-refractivity contribution in [2.75, 3.05) is 0 Å². The zero-order valence-electron chi connectivity index (χ0n) is 29.5. The van der Waals surface area contributed by atoms with Crippen molar-refractivity contribution in [1.29, 1.82) is 0 Å². The normalized spacial score (nSPS) is 19.1. The fraction of sp³-hybridized carbons (Fsp3) is 0.125. The molecule has 7 aromatic rings. The number of benzene rings is 6. The molecular weight excluding hydrogens is 665 g/mol. The minimum Gasteiger partial charge on any atom is -0.383 e. The predicted octanol–water partition coefficient (Wildman–Crippen LogP) is 11.6. The Morgan fingerprint density at radius 2 is 1.58 bits per heavy atom. The van der Waals surface area contributed by atoms with Gasteiger partial charge in [0.2, 0.25) is 0 Å².